The predicted octanol–water partition coefficient (Wildman–Crippen LogP) is 4.67. The van der Waals surface area contributed by atoms with Gasteiger partial charge in [-0.1, -0.05) is 62.4 Å². The SMILES string of the molecule is CC(C)(CNC(=O)c1ccc(NC(=O)OCC2c3ccccc3-c3ccccc32)cn1)CC(=O)O. The number of hydrogen-bond acceptors (Lipinski definition) is 5. The van der Waals surface area contributed by atoms with E-state index in [1.54, 1.807) is 19.9 Å². The fraction of sp³-hybridized carbons (Fsp3) is 0.259. The van der Waals surface area contributed by atoms with Crippen LogP contribution in [0.2, 0.25) is 0 Å². The minimum absolute atomic E-state index is 0.0391. The molecular formula is C27H27N3O5. The smallest absolute Gasteiger partial charge is 0.411 e. The molecule has 1 aliphatic rings. The van der Waals surface area contributed by atoms with Gasteiger partial charge in [0.1, 0.15) is 12.3 Å². The molecule has 0 fully saturated rings. The number of aliphatic carboxylic acids is 1. The zero-order chi connectivity index (χ0) is 25.0. The number of pyridine rings is 1. The van der Waals surface area contributed by atoms with Gasteiger partial charge in [0.2, 0.25) is 0 Å². The highest BCUT2D eigenvalue weighted by Crippen LogP contribution is 2.44. The molecule has 3 aromatic rings. The number of anilines is 1. The van der Waals surface area contributed by atoms with Crippen molar-refractivity contribution in [3.05, 3.63) is 83.7 Å². The van der Waals surface area contributed by atoms with E-state index in [0.717, 1.165) is 22.3 Å². The third-order valence-electron chi connectivity index (χ3n) is 5.94. The lowest BCUT2D eigenvalue weighted by molar-refractivity contribution is -0.139. The van der Waals surface area contributed by atoms with Gasteiger partial charge >= 0.3 is 12.1 Å². The number of nitrogens with one attached hydrogen (secondary N) is 2. The second-order valence-corrected chi connectivity index (χ2v) is 9.30. The van der Waals surface area contributed by atoms with Crippen molar-refractivity contribution in [2.75, 3.05) is 18.5 Å². The van der Waals surface area contributed by atoms with Crippen LogP contribution in [-0.2, 0) is 9.53 Å². The van der Waals surface area contributed by atoms with Crippen molar-refractivity contribution >= 4 is 23.7 Å². The third kappa shape index (κ3) is 5.66. The first kappa shape index (κ1) is 23.9. The van der Waals surface area contributed by atoms with Gasteiger partial charge in [0.15, 0.2) is 0 Å². The Labute approximate surface area is 203 Å². The molecule has 1 aromatic heterocycles. The lowest BCUT2D eigenvalue weighted by atomic mass is 9.89. The first-order chi connectivity index (χ1) is 16.7. The third-order valence-corrected chi connectivity index (χ3v) is 5.94. The summed E-state index contributed by atoms with van der Waals surface area (Å²) in [6, 6.07) is 19.3. The molecule has 0 bridgehead atoms. The number of benzene rings is 2. The van der Waals surface area contributed by atoms with Crippen LogP contribution in [0.3, 0.4) is 0 Å². The molecule has 3 N–H and O–H groups in total. The Morgan fingerprint density at radius 1 is 0.971 bits per heavy atom. The van der Waals surface area contributed by atoms with E-state index in [1.165, 1.54) is 12.3 Å². The summed E-state index contributed by atoms with van der Waals surface area (Å²) in [5.74, 6) is -1.38. The summed E-state index contributed by atoms with van der Waals surface area (Å²) < 4.78 is 5.52. The van der Waals surface area contributed by atoms with Gasteiger partial charge in [0.05, 0.1) is 18.3 Å². The van der Waals surface area contributed by atoms with Gasteiger partial charge in [-0.2, -0.15) is 0 Å². The van der Waals surface area contributed by atoms with Crippen LogP contribution in [0.15, 0.2) is 66.9 Å². The second-order valence-electron chi connectivity index (χ2n) is 9.30. The molecule has 1 heterocycles. The van der Waals surface area contributed by atoms with Crippen LogP contribution in [0.25, 0.3) is 11.1 Å². The number of hydrogen-bond donors (Lipinski definition) is 3. The van der Waals surface area contributed by atoms with Crippen molar-refractivity contribution in [1.82, 2.24) is 10.3 Å². The van der Waals surface area contributed by atoms with Crippen molar-refractivity contribution in [3.8, 4) is 11.1 Å². The minimum Gasteiger partial charge on any atom is -0.481 e. The van der Waals surface area contributed by atoms with E-state index in [1.807, 2.05) is 24.3 Å². The zero-order valence-corrected chi connectivity index (χ0v) is 19.6. The maximum atomic E-state index is 12.4. The normalized spacial score (nSPS) is 12.4. The maximum Gasteiger partial charge on any atom is 0.411 e. The summed E-state index contributed by atoms with van der Waals surface area (Å²) >= 11 is 0. The van der Waals surface area contributed by atoms with Crippen LogP contribution in [0.4, 0.5) is 10.5 Å². The number of aromatic nitrogens is 1. The van der Waals surface area contributed by atoms with E-state index < -0.39 is 23.4 Å². The highest BCUT2D eigenvalue weighted by Gasteiger charge is 2.29. The Balaban J connectivity index is 1.32. The van der Waals surface area contributed by atoms with Gasteiger partial charge in [-0.05, 0) is 39.8 Å². The van der Waals surface area contributed by atoms with Crippen LogP contribution in [0.5, 0.6) is 0 Å². The molecule has 2 amide bonds. The van der Waals surface area contributed by atoms with E-state index in [4.69, 9.17) is 9.84 Å². The maximum absolute atomic E-state index is 12.4. The molecule has 2 aromatic carbocycles. The zero-order valence-electron chi connectivity index (χ0n) is 19.6. The molecule has 8 nitrogen and oxygen atoms in total. The van der Waals surface area contributed by atoms with E-state index in [-0.39, 0.29) is 31.2 Å². The quantitative estimate of drug-likeness (QED) is 0.438. The molecule has 0 radical (unpaired) electrons. The molecule has 8 heteroatoms. The van der Waals surface area contributed by atoms with Gasteiger partial charge < -0.3 is 15.2 Å². The van der Waals surface area contributed by atoms with Crippen LogP contribution in [-0.4, -0.2) is 41.2 Å². The predicted molar refractivity (Wildman–Crippen MR) is 131 cm³/mol. The Hall–Kier alpha value is -4.20. The highest BCUT2D eigenvalue weighted by molar-refractivity contribution is 5.93. The van der Waals surface area contributed by atoms with E-state index in [2.05, 4.69) is 39.9 Å². The van der Waals surface area contributed by atoms with Crippen molar-refractivity contribution in [1.29, 1.82) is 0 Å². The molecule has 180 valence electrons. The minimum atomic E-state index is -0.925. The summed E-state index contributed by atoms with van der Waals surface area (Å²) in [4.78, 5) is 39.8. The number of amides is 2. The van der Waals surface area contributed by atoms with Crippen LogP contribution in [0, 0.1) is 5.41 Å². The average molecular weight is 474 g/mol. The summed E-state index contributed by atoms with van der Waals surface area (Å²) in [5.41, 5.74) is 4.53. The summed E-state index contributed by atoms with van der Waals surface area (Å²) in [5, 5.41) is 14.3. The highest BCUT2D eigenvalue weighted by atomic mass is 16.5. The second kappa shape index (κ2) is 9.97. The van der Waals surface area contributed by atoms with E-state index in [0.29, 0.717) is 5.69 Å². The van der Waals surface area contributed by atoms with E-state index >= 15 is 0 Å². The fourth-order valence-corrected chi connectivity index (χ4v) is 4.24. The number of carboxylic acid groups (broad SMARTS) is 1. The van der Waals surface area contributed by atoms with Gasteiger partial charge in [0, 0.05) is 12.5 Å². The number of carboxylic acids is 1. The van der Waals surface area contributed by atoms with Gasteiger partial charge in [-0.25, -0.2) is 9.78 Å². The Morgan fingerprint density at radius 3 is 2.17 bits per heavy atom. The molecule has 1 aliphatic carbocycles. The summed E-state index contributed by atoms with van der Waals surface area (Å²) in [6.07, 6.45) is 0.698. The van der Waals surface area contributed by atoms with Crippen molar-refractivity contribution in [2.24, 2.45) is 5.41 Å². The number of ether oxygens (including phenoxy) is 1. The summed E-state index contributed by atoms with van der Waals surface area (Å²) in [7, 11) is 0. The Morgan fingerprint density at radius 2 is 1.60 bits per heavy atom. The Bertz CT molecular complexity index is 1210. The number of fused-ring (bicyclic) bond motifs is 3. The molecule has 35 heavy (non-hydrogen) atoms. The molecule has 0 saturated carbocycles. The van der Waals surface area contributed by atoms with Gasteiger partial charge in [-0.3, -0.25) is 14.9 Å². The summed E-state index contributed by atoms with van der Waals surface area (Å²) in [6.45, 7) is 3.91. The first-order valence-electron chi connectivity index (χ1n) is 11.3. The molecule has 0 saturated heterocycles. The number of carbonyl (C=O) groups is 3. The molecule has 0 atom stereocenters. The van der Waals surface area contributed by atoms with E-state index in [9.17, 15) is 14.4 Å². The molecule has 0 spiro atoms. The Kier molecular flexibility index (Phi) is 6.82. The number of nitrogens with zero attached hydrogens (tertiary/aromatic N) is 1. The lowest BCUT2D eigenvalue weighted by Crippen LogP contribution is -2.35. The molecule has 0 aliphatic heterocycles. The topological polar surface area (TPSA) is 118 Å². The monoisotopic (exact) mass is 473 g/mol. The molecule has 4 rings (SSSR count). The van der Waals surface area contributed by atoms with Gasteiger partial charge in [-0.15, -0.1) is 0 Å². The van der Waals surface area contributed by atoms with Crippen LogP contribution in [0.1, 0.15) is 47.8 Å². The van der Waals surface area contributed by atoms with Crippen molar-refractivity contribution in [3.63, 3.8) is 0 Å². The largest absolute Gasteiger partial charge is 0.481 e. The lowest BCUT2D eigenvalue weighted by Gasteiger charge is -2.22. The molecule has 0 unspecified atom stereocenters. The van der Waals surface area contributed by atoms with Gasteiger partial charge in [0.25, 0.3) is 5.91 Å². The van der Waals surface area contributed by atoms with Crippen molar-refractivity contribution in [2.45, 2.75) is 26.2 Å². The van der Waals surface area contributed by atoms with Crippen LogP contribution < -0.4 is 10.6 Å². The van der Waals surface area contributed by atoms with Crippen molar-refractivity contribution < 1.29 is 24.2 Å². The number of rotatable bonds is 8. The fourth-order valence-electron chi connectivity index (χ4n) is 4.24. The van der Waals surface area contributed by atoms with Crippen LogP contribution >= 0.6 is 0 Å². The standard InChI is InChI=1S/C27H27N3O5/c1-27(2,13-24(31)32)16-29-25(33)23-12-11-17(14-28-23)30-26(34)35-15-22-20-9-5-3-7-18(20)19-8-4-6-10-21(19)22/h3-12,14,22H,13,15-16H2,1-2H3,(H,29,33)(H,30,34)(H,31,32). The molecular weight excluding hydrogens is 446 g/mol. The first-order valence-corrected chi connectivity index (χ1v) is 11.3. The average Bonchev–Trinajstić information content (AvgIpc) is 3.15. The number of carbonyl (C=O) groups excluding carboxylic acids is 2.